The summed E-state index contributed by atoms with van der Waals surface area (Å²) in [5, 5.41) is 0. The molecule has 0 spiro atoms. The van der Waals surface area contributed by atoms with Gasteiger partial charge in [0.05, 0.1) is 0 Å². The summed E-state index contributed by atoms with van der Waals surface area (Å²) in [7, 11) is -5.76. The molecule has 0 aromatic carbocycles. The molecule has 0 bridgehead atoms. The zero-order valence-electron chi connectivity index (χ0n) is 10.2. The predicted octanol–water partition coefficient (Wildman–Crippen LogP) is 1.50. The first-order valence-corrected chi connectivity index (χ1v) is 7.14. The van der Waals surface area contributed by atoms with Crippen molar-refractivity contribution in [1.82, 2.24) is 0 Å². The van der Waals surface area contributed by atoms with Gasteiger partial charge >= 0.3 is 45.5 Å². The topological polar surface area (TPSA) is 110 Å². The Labute approximate surface area is 125 Å². The molecule has 0 fully saturated rings. The third kappa shape index (κ3) is 5.18. The smallest absolute Gasteiger partial charge is 0.284 e. The number of halogens is 8. The number of alkyl halides is 8. The minimum atomic E-state index is -6.89. The Morgan fingerprint density at radius 3 is 1.52 bits per heavy atom. The molecule has 2 N–H and O–H groups in total. The van der Waals surface area contributed by atoms with Crippen molar-refractivity contribution in [2.45, 2.75) is 23.7 Å². The minimum Gasteiger partial charge on any atom is -0.284 e. The van der Waals surface area contributed by atoms with Crippen LogP contribution < -0.4 is 0 Å². The van der Waals surface area contributed by atoms with Crippen LogP contribution in [0.2, 0.25) is 0 Å². The van der Waals surface area contributed by atoms with E-state index in [0.29, 0.717) is 0 Å². The fraction of sp³-hybridized carbons (Fsp3) is 1.00. The van der Waals surface area contributed by atoms with Gasteiger partial charge in [0, 0.05) is 0 Å². The first kappa shape index (κ1) is 22.4. The van der Waals surface area contributed by atoms with Gasteiger partial charge in [0.1, 0.15) is 13.2 Å². The average Bonchev–Trinajstić information content (AvgIpc) is 2.32. The Morgan fingerprint density at radius 1 is 0.870 bits per heavy atom. The third-order valence-electron chi connectivity index (χ3n) is 2.04. The van der Waals surface area contributed by atoms with E-state index in [1.54, 1.807) is 0 Å². The van der Waals surface area contributed by atoms with E-state index in [2.05, 4.69) is 8.37 Å². The summed E-state index contributed by atoms with van der Waals surface area (Å²) in [5.41, 5.74) is 0. The van der Waals surface area contributed by atoms with Gasteiger partial charge in [-0.25, -0.2) is 4.18 Å². The van der Waals surface area contributed by atoms with Gasteiger partial charge in [-0.05, 0) is 0 Å². The number of hydrogen-bond donors (Lipinski definition) is 2. The fourth-order valence-electron chi connectivity index (χ4n) is 0.914. The maximum absolute atomic E-state index is 13.0. The van der Waals surface area contributed by atoms with Crippen molar-refractivity contribution in [3.8, 4) is 0 Å². The molecule has 0 rings (SSSR count). The van der Waals surface area contributed by atoms with Crippen molar-refractivity contribution in [3.05, 3.63) is 0 Å². The van der Waals surface area contributed by atoms with Crippen LogP contribution in [0.3, 0.4) is 0 Å². The molecule has 1 unspecified atom stereocenters. The van der Waals surface area contributed by atoms with E-state index in [0.717, 1.165) is 0 Å². The molecular weight excluding hydrogens is 400 g/mol. The molecule has 0 aliphatic carbocycles. The minimum absolute atomic E-state index is 2.79. The van der Waals surface area contributed by atoms with E-state index >= 15 is 0 Å². The first-order valence-electron chi connectivity index (χ1n) is 4.74. The van der Waals surface area contributed by atoms with E-state index in [4.69, 9.17) is 9.11 Å². The molecule has 0 amide bonds. The Hall–Kier alpha value is -0.620. The first-order chi connectivity index (χ1) is 9.87. The molecule has 23 heavy (non-hydrogen) atoms. The molecule has 0 aromatic heterocycles. The lowest BCUT2D eigenvalue weighted by atomic mass is 9.99. The quantitative estimate of drug-likeness (QED) is 0.339. The van der Waals surface area contributed by atoms with E-state index in [9.17, 15) is 47.8 Å². The SMILES string of the molecule is O=S(O)OCC(F)(F)C(F)(F)C(F)(F)C(F)(F)COS(=O)(=O)O. The molecule has 0 saturated heterocycles. The summed E-state index contributed by atoms with van der Waals surface area (Å²) in [6.45, 7) is -5.93. The maximum Gasteiger partial charge on any atom is 0.397 e. The van der Waals surface area contributed by atoms with Crippen LogP contribution in [0, 0.1) is 0 Å². The van der Waals surface area contributed by atoms with E-state index in [1.165, 1.54) is 0 Å². The molecule has 0 saturated carbocycles. The van der Waals surface area contributed by atoms with Crippen molar-refractivity contribution in [1.29, 1.82) is 0 Å². The lowest BCUT2D eigenvalue weighted by Gasteiger charge is -2.35. The highest BCUT2D eigenvalue weighted by Gasteiger charge is 2.80. The van der Waals surface area contributed by atoms with Crippen molar-refractivity contribution in [2.75, 3.05) is 13.2 Å². The molecular formula is C6H6F8O7S2. The molecule has 0 radical (unpaired) electrons. The summed E-state index contributed by atoms with van der Waals surface area (Å²) in [6.07, 6.45) is 0. The Morgan fingerprint density at radius 2 is 1.22 bits per heavy atom. The van der Waals surface area contributed by atoms with E-state index < -0.39 is 58.7 Å². The zero-order valence-corrected chi connectivity index (χ0v) is 11.8. The van der Waals surface area contributed by atoms with Gasteiger partial charge in [-0.15, -0.1) is 0 Å². The standard InChI is InChI=1S/C6H6F8O7S2/c7-3(8,1-20-22(15)16)5(11,12)6(13,14)4(9,10)2-21-23(17,18)19/h1-2H2,(H,15,16)(H,17,18,19). The van der Waals surface area contributed by atoms with Gasteiger partial charge in [0.2, 0.25) is 0 Å². The van der Waals surface area contributed by atoms with Crippen LogP contribution in [0.1, 0.15) is 0 Å². The molecule has 1 atom stereocenters. The van der Waals surface area contributed by atoms with Crippen molar-refractivity contribution >= 4 is 21.8 Å². The normalized spacial score (nSPS) is 16.4. The van der Waals surface area contributed by atoms with Gasteiger partial charge in [-0.3, -0.25) is 13.3 Å². The molecule has 0 aromatic rings. The molecule has 0 aliphatic heterocycles. The second kappa shape index (κ2) is 6.71. The summed E-state index contributed by atoms with van der Waals surface area (Å²) in [6, 6.07) is 0. The predicted molar refractivity (Wildman–Crippen MR) is 54.0 cm³/mol. The van der Waals surface area contributed by atoms with Crippen molar-refractivity contribution in [2.24, 2.45) is 0 Å². The average molecular weight is 406 g/mol. The van der Waals surface area contributed by atoms with Gasteiger partial charge < -0.3 is 0 Å². The zero-order chi connectivity index (χ0) is 18.9. The van der Waals surface area contributed by atoms with Crippen LogP contribution >= 0.6 is 0 Å². The van der Waals surface area contributed by atoms with Gasteiger partial charge in [0.15, 0.2) is 0 Å². The van der Waals surface area contributed by atoms with E-state index in [-0.39, 0.29) is 0 Å². The number of rotatable bonds is 9. The highest BCUT2D eigenvalue weighted by molar-refractivity contribution is 7.80. The highest BCUT2D eigenvalue weighted by atomic mass is 32.3. The van der Waals surface area contributed by atoms with Crippen molar-refractivity contribution < 1.29 is 65.2 Å². The summed E-state index contributed by atoms with van der Waals surface area (Å²) in [4.78, 5) is 0. The van der Waals surface area contributed by atoms with Crippen LogP contribution in [-0.4, -0.2) is 58.6 Å². The summed E-state index contributed by atoms with van der Waals surface area (Å²) < 4.78 is 155. The van der Waals surface area contributed by atoms with Gasteiger partial charge in [0.25, 0.3) is 0 Å². The fourth-order valence-corrected chi connectivity index (χ4v) is 1.46. The highest BCUT2D eigenvalue weighted by Crippen LogP contribution is 2.52. The molecule has 140 valence electrons. The van der Waals surface area contributed by atoms with Crippen molar-refractivity contribution in [3.63, 3.8) is 0 Å². The molecule has 7 nitrogen and oxygen atoms in total. The maximum atomic E-state index is 13.0. The lowest BCUT2D eigenvalue weighted by molar-refractivity contribution is -0.371. The number of hydrogen-bond acceptors (Lipinski definition) is 5. The van der Waals surface area contributed by atoms with Crippen LogP contribution in [0.15, 0.2) is 0 Å². The van der Waals surface area contributed by atoms with Crippen LogP contribution in [0.25, 0.3) is 0 Å². The molecule has 0 heterocycles. The summed E-state index contributed by atoms with van der Waals surface area (Å²) in [5.74, 6) is -26.0. The third-order valence-corrected chi connectivity index (χ3v) is 2.78. The largest absolute Gasteiger partial charge is 0.397 e. The molecule has 17 heteroatoms. The Kier molecular flexibility index (Phi) is 6.53. The summed E-state index contributed by atoms with van der Waals surface area (Å²) >= 11 is -3.59. The lowest BCUT2D eigenvalue weighted by Crippen LogP contribution is -2.64. The second-order valence-electron chi connectivity index (χ2n) is 3.73. The Balaban J connectivity index is 5.53. The van der Waals surface area contributed by atoms with Gasteiger partial charge in [-0.2, -0.15) is 47.8 Å². The van der Waals surface area contributed by atoms with Crippen LogP contribution in [0.4, 0.5) is 35.1 Å². The van der Waals surface area contributed by atoms with E-state index in [1.807, 2.05) is 0 Å². The second-order valence-corrected chi connectivity index (χ2v) is 5.49. The van der Waals surface area contributed by atoms with Crippen LogP contribution in [0.5, 0.6) is 0 Å². The van der Waals surface area contributed by atoms with Gasteiger partial charge in [-0.1, -0.05) is 0 Å². The van der Waals surface area contributed by atoms with Crippen LogP contribution in [-0.2, 0) is 30.1 Å². The molecule has 0 aliphatic rings. The monoisotopic (exact) mass is 406 g/mol. The Bertz CT molecular complexity index is 547.